The molecule has 0 bridgehead atoms. The molecule has 0 saturated carbocycles. The molecule has 0 aromatic heterocycles. The molecule has 0 amide bonds. The Balaban J connectivity index is 2.55. The van der Waals surface area contributed by atoms with Gasteiger partial charge >= 0.3 is 0 Å². The average molecular weight is 306 g/mol. The van der Waals surface area contributed by atoms with Gasteiger partial charge in [0.2, 0.25) is 0 Å². The van der Waals surface area contributed by atoms with Gasteiger partial charge in [-0.3, -0.25) is 4.79 Å². The molecule has 0 aliphatic carbocycles. The first kappa shape index (κ1) is 16.8. The number of allylic oxidation sites excluding steroid dienone is 2. The van der Waals surface area contributed by atoms with Gasteiger partial charge in [0.1, 0.15) is 12.0 Å². The molecule has 0 radical (unpaired) electrons. The maximum absolute atomic E-state index is 11.3. The lowest BCUT2D eigenvalue weighted by atomic mass is 9.92. The van der Waals surface area contributed by atoms with Crippen molar-refractivity contribution >= 4 is 18.4 Å². The van der Waals surface area contributed by atoms with Crippen molar-refractivity contribution < 1.29 is 9.90 Å². The third-order valence-corrected chi connectivity index (χ3v) is 3.63. The number of hydrogen-bond acceptors (Lipinski definition) is 2. The average Bonchev–Trinajstić information content (AvgIpc) is 2.54. The molecule has 0 atom stereocenters. The smallest absolute Gasteiger partial charge is 0.150 e. The maximum Gasteiger partial charge on any atom is 0.150 e. The van der Waals surface area contributed by atoms with Crippen molar-refractivity contribution in [2.24, 2.45) is 0 Å². The standard InChI is InChI=1S/C21H22O2/c1-3-5-10-21-18(7-4-2)12-17(15-22)13-19(21)11-16-8-6-9-20(23)14-16/h4-10,12-15,23H,3,11H2,1-2H3/b7-4-,10-5+. The van der Waals surface area contributed by atoms with E-state index in [4.69, 9.17) is 0 Å². The highest BCUT2D eigenvalue weighted by Gasteiger charge is 2.08. The van der Waals surface area contributed by atoms with Crippen molar-refractivity contribution in [3.05, 3.63) is 76.4 Å². The number of phenolic OH excluding ortho intramolecular Hbond substituents is 1. The highest BCUT2D eigenvalue weighted by molar-refractivity contribution is 5.80. The molecule has 0 saturated heterocycles. The van der Waals surface area contributed by atoms with E-state index in [9.17, 15) is 9.90 Å². The molecular formula is C21H22O2. The van der Waals surface area contributed by atoms with Gasteiger partial charge in [-0.05, 0) is 66.3 Å². The third kappa shape index (κ3) is 4.43. The molecule has 0 aliphatic heterocycles. The number of phenols is 1. The first-order valence-corrected chi connectivity index (χ1v) is 7.87. The van der Waals surface area contributed by atoms with Crippen molar-refractivity contribution in [3.63, 3.8) is 0 Å². The Morgan fingerprint density at radius 1 is 1.13 bits per heavy atom. The van der Waals surface area contributed by atoms with E-state index in [1.165, 1.54) is 0 Å². The Morgan fingerprint density at radius 2 is 1.96 bits per heavy atom. The Hall–Kier alpha value is -2.61. The third-order valence-electron chi connectivity index (χ3n) is 3.63. The molecule has 2 heteroatoms. The number of rotatable bonds is 6. The van der Waals surface area contributed by atoms with Crippen LogP contribution in [0.5, 0.6) is 5.75 Å². The minimum atomic E-state index is 0.258. The SMILES string of the molecule is C/C=C\c1cc(C=O)cc(Cc2cccc(O)c2)c1/C=C/CC. The molecule has 1 N–H and O–H groups in total. The maximum atomic E-state index is 11.3. The van der Waals surface area contributed by atoms with E-state index >= 15 is 0 Å². The summed E-state index contributed by atoms with van der Waals surface area (Å²) >= 11 is 0. The van der Waals surface area contributed by atoms with Crippen molar-refractivity contribution in [1.29, 1.82) is 0 Å². The van der Waals surface area contributed by atoms with E-state index in [-0.39, 0.29) is 5.75 Å². The normalized spacial score (nSPS) is 11.4. The van der Waals surface area contributed by atoms with E-state index in [0.29, 0.717) is 12.0 Å². The zero-order chi connectivity index (χ0) is 16.7. The quantitative estimate of drug-likeness (QED) is 0.740. The van der Waals surface area contributed by atoms with Crippen LogP contribution in [0, 0.1) is 0 Å². The van der Waals surface area contributed by atoms with Crippen LogP contribution in [-0.2, 0) is 6.42 Å². The van der Waals surface area contributed by atoms with Gasteiger partial charge in [-0.15, -0.1) is 0 Å². The molecule has 2 rings (SSSR count). The molecule has 23 heavy (non-hydrogen) atoms. The summed E-state index contributed by atoms with van der Waals surface area (Å²) in [6, 6.07) is 11.1. The second-order valence-corrected chi connectivity index (χ2v) is 5.46. The van der Waals surface area contributed by atoms with E-state index in [1.807, 2.05) is 43.3 Å². The first-order valence-electron chi connectivity index (χ1n) is 7.87. The molecule has 118 valence electrons. The van der Waals surface area contributed by atoms with Crippen molar-refractivity contribution in [2.45, 2.75) is 26.7 Å². The molecular weight excluding hydrogens is 284 g/mol. The number of aldehydes is 1. The number of hydrogen-bond donors (Lipinski definition) is 1. The highest BCUT2D eigenvalue weighted by Crippen LogP contribution is 2.24. The van der Waals surface area contributed by atoms with E-state index < -0.39 is 0 Å². The summed E-state index contributed by atoms with van der Waals surface area (Å²) in [5, 5.41) is 9.66. The van der Waals surface area contributed by atoms with Crippen LogP contribution in [0.2, 0.25) is 0 Å². The molecule has 2 nitrogen and oxygen atoms in total. The van der Waals surface area contributed by atoms with Crippen LogP contribution in [-0.4, -0.2) is 11.4 Å². The van der Waals surface area contributed by atoms with Gasteiger partial charge < -0.3 is 5.11 Å². The minimum Gasteiger partial charge on any atom is -0.508 e. The first-order chi connectivity index (χ1) is 11.2. The van der Waals surface area contributed by atoms with Gasteiger partial charge in [0.15, 0.2) is 0 Å². The minimum absolute atomic E-state index is 0.258. The summed E-state index contributed by atoms with van der Waals surface area (Å²) in [4.78, 5) is 11.3. The second kappa shape index (κ2) is 8.14. The van der Waals surface area contributed by atoms with Gasteiger partial charge in [0, 0.05) is 5.56 Å². The monoisotopic (exact) mass is 306 g/mol. The summed E-state index contributed by atoms with van der Waals surface area (Å²) in [5.41, 5.74) is 4.93. The fourth-order valence-electron chi connectivity index (χ4n) is 2.62. The number of carbonyl (C=O) groups is 1. The summed E-state index contributed by atoms with van der Waals surface area (Å²) in [5.74, 6) is 0.258. The van der Waals surface area contributed by atoms with Gasteiger partial charge in [-0.25, -0.2) is 0 Å². The van der Waals surface area contributed by atoms with E-state index in [0.717, 1.165) is 35.0 Å². The van der Waals surface area contributed by atoms with Gasteiger partial charge in [0.25, 0.3) is 0 Å². The molecule has 0 fully saturated rings. The van der Waals surface area contributed by atoms with Crippen LogP contribution in [0.3, 0.4) is 0 Å². The van der Waals surface area contributed by atoms with Crippen molar-refractivity contribution in [2.75, 3.05) is 0 Å². The predicted molar refractivity (Wildman–Crippen MR) is 96.8 cm³/mol. The summed E-state index contributed by atoms with van der Waals surface area (Å²) in [6.45, 7) is 4.07. The lowest BCUT2D eigenvalue weighted by Gasteiger charge is -2.12. The zero-order valence-corrected chi connectivity index (χ0v) is 13.6. The Bertz CT molecular complexity index is 740. The van der Waals surface area contributed by atoms with Gasteiger partial charge in [-0.2, -0.15) is 0 Å². The fraction of sp³-hybridized carbons (Fsp3) is 0.190. The molecule has 0 aliphatic rings. The number of carbonyl (C=O) groups excluding carboxylic acids is 1. The van der Waals surface area contributed by atoms with Crippen LogP contribution in [0.25, 0.3) is 12.2 Å². The summed E-state index contributed by atoms with van der Waals surface area (Å²) in [6.07, 6.45) is 10.7. The molecule has 0 heterocycles. The van der Waals surface area contributed by atoms with Crippen molar-refractivity contribution in [1.82, 2.24) is 0 Å². The predicted octanol–water partition coefficient (Wildman–Crippen LogP) is 5.25. The summed E-state index contributed by atoms with van der Waals surface area (Å²) < 4.78 is 0. The van der Waals surface area contributed by atoms with Crippen LogP contribution in [0.1, 0.15) is 52.9 Å². The highest BCUT2D eigenvalue weighted by atomic mass is 16.3. The van der Waals surface area contributed by atoms with Crippen LogP contribution < -0.4 is 0 Å². The Kier molecular flexibility index (Phi) is 5.93. The molecule has 2 aromatic rings. The van der Waals surface area contributed by atoms with Gasteiger partial charge in [0.05, 0.1) is 0 Å². The fourth-order valence-corrected chi connectivity index (χ4v) is 2.62. The van der Waals surface area contributed by atoms with Gasteiger partial charge in [-0.1, -0.05) is 43.4 Å². The largest absolute Gasteiger partial charge is 0.508 e. The van der Waals surface area contributed by atoms with Crippen LogP contribution >= 0.6 is 0 Å². The van der Waals surface area contributed by atoms with Crippen LogP contribution in [0.15, 0.2) is 48.6 Å². The molecule has 0 unspecified atom stereocenters. The van der Waals surface area contributed by atoms with Crippen molar-refractivity contribution in [3.8, 4) is 5.75 Å². The lowest BCUT2D eigenvalue weighted by molar-refractivity contribution is 0.112. The topological polar surface area (TPSA) is 37.3 Å². The van der Waals surface area contributed by atoms with E-state index in [1.54, 1.807) is 12.1 Å². The summed E-state index contributed by atoms with van der Waals surface area (Å²) in [7, 11) is 0. The number of aromatic hydroxyl groups is 1. The molecule has 2 aromatic carbocycles. The number of benzene rings is 2. The second-order valence-electron chi connectivity index (χ2n) is 5.46. The Morgan fingerprint density at radius 3 is 2.61 bits per heavy atom. The molecule has 0 spiro atoms. The van der Waals surface area contributed by atoms with E-state index in [2.05, 4.69) is 19.1 Å². The zero-order valence-electron chi connectivity index (χ0n) is 13.6. The van der Waals surface area contributed by atoms with Crippen LogP contribution in [0.4, 0.5) is 0 Å². The Labute approximate surface area is 137 Å². The lowest BCUT2D eigenvalue weighted by Crippen LogP contribution is -1.97.